The highest BCUT2D eigenvalue weighted by atomic mass is 32.2. The van der Waals surface area contributed by atoms with Crippen molar-refractivity contribution in [2.45, 2.75) is 32.9 Å². The van der Waals surface area contributed by atoms with E-state index in [1.165, 1.54) is 18.4 Å². The molecule has 0 amide bonds. The van der Waals surface area contributed by atoms with Crippen LogP contribution in [0.25, 0.3) is 0 Å². The number of nitrogens with one attached hydrogen (secondary N) is 1. The van der Waals surface area contributed by atoms with E-state index >= 15 is 0 Å². The summed E-state index contributed by atoms with van der Waals surface area (Å²) in [7, 11) is -2.97. The summed E-state index contributed by atoms with van der Waals surface area (Å²) < 4.78 is 40.8. The molecule has 20 heavy (non-hydrogen) atoms. The molecule has 0 heterocycles. The van der Waals surface area contributed by atoms with Crippen LogP contribution in [0.3, 0.4) is 0 Å². The molecule has 0 saturated heterocycles. The van der Waals surface area contributed by atoms with Gasteiger partial charge in [0.1, 0.15) is 21.4 Å². The van der Waals surface area contributed by atoms with E-state index in [1.807, 2.05) is 13.8 Å². The number of hydrogen-bond donors (Lipinski definition) is 1. The summed E-state index contributed by atoms with van der Waals surface area (Å²) in [6.45, 7) is 4.82. The first-order valence-electron chi connectivity index (χ1n) is 6.60. The number of sulfone groups is 1. The Morgan fingerprint density at radius 3 is 2.65 bits per heavy atom. The Balaban J connectivity index is 2.59. The number of ether oxygens (including phenoxy) is 1. The minimum absolute atomic E-state index is 0.0910. The van der Waals surface area contributed by atoms with Crippen LogP contribution >= 0.6 is 0 Å². The van der Waals surface area contributed by atoms with E-state index in [4.69, 9.17) is 4.74 Å². The number of benzene rings is 1. The van der Waals surface area contributed by atoms with Gasteiger partial charge < -0.3 is 10.1 Å². The molecule has 1 N–H and O–H groups in total. The number of hydrogen-bond acceptors (Lipinski definition) is 4. The lowest BCUT2D eigenvalue weighted by atomic mass is 10.2. The largest absolute Gasteiger partial charge is 0.493 e. The molecule has 4 nitrogen and oxygen atoms in total. The molecule has 0 bridgehead atoms. The molecule has 0 aliphatic carbocycles. The second-order valence-electron chi connectivity index (χ2n) is 5.12. The fourth-order valence-electron chi connectivity index (χ4n) is 1.64. The van der Waals surface area contributed by atoms with Gasteiger partial charge >= 0.3 is 0 Å². The fraction of sp³-hybridized carbons (Fsp3) is 0.571. The first-order valence-corrected chi connectivity index (χ1v) is 8.66. The molecule has 1 aromatic rings. The highest BCUT2D eigenvalue weighted by molar-refractivity contribution is 7.90. The van der Waals surface area contributed by atoms with Crippen molar-refractivity contribution in [1.82, 2.24) is 5.32 Å². The average Bonchev–Trinajstić information content (AvgIpc) is 2.32. The summed E-state index contributed by atoms with van der Waals surface area (Å²) in [6.07, 6.45) is 1.62. The van der Waals surface area contributed by atoms with Crippen LogP contribution < -0.4 is 10.1 Å². The SMILES string of the molecule is CC(C)NCc1cc(F)ccc1OCCCS(C)(=O)=O. The normalized spacial score (nSPS) is 11.8. The predicted octanol–water partition coefficient (Wildman–Crippen LogP) is 2.14. The molecule has 0 unspecified atom stereocenters. The van der Waals surface area contributed by atoms with E-state index < -0.39 is 9.84 Å². The van der Waals surface area contributed by atoms with Crippen LogP contribution in [0.2, 0.25) is 0 Å². The minimum atomic E-state index is -2.97. The lowest BCUT2D eigenvalue weighted by Gasteiger charge is -2.14. The number of halogens is 1. The zero-order valence-electron chi connectivity index (χ0n) is 12.1. The van der Waals surface area contributed by atoms with Crippen molar-refractivity contribution in [3.05, 3.63) is 29.6 Å². The molecule has 1 rings (SSSR count). The Morgan fingerprint density at radius 2 is 2.05 bits per heavy atom. The minimum Gasteiger partial charge on any atom is -0.493 e. The van der Waals surface area contributed by atoms with Gasteiger partial charge in [0, 0.05) is 24.4 Å². The van der Waals surface area contributed by atoms with Gasteiger partial charge in [-0.3, -0.25) is 0 Å². The van der Waals surface area contributed by atoms with Crippen molar-refractivity contribution in [2.75, 3.05) is 18.6 Å². The van der Waals surface area contributed by atoms with Crippen LogP contribution in [0.1, 0.15) is 25.8 Å². The zero-order valence-corrected chi connectivity index (χ0v) is 13.0. The van der Waals surface area contributed by atoms with Crippen molar-refractivity contribution in [1.29, 1.82) is 0 Å². The molecule has 0 radical (unpaired) electrons. The second kappa shape index (κ2) is 7.59. The van der Waals surface area contributed by atoms with Crippen LogP contribution in [-0.2, 0) is 16.4 Å². The summed E-state index contributed by atoms with van der Waals surface area (Å²) in [6, 6.07) is 4.63. The molecular formula is C14H22FNO3S. The summed E-state index contributed by atoms with van der Waals surface area (Å²) in [5, 5.41) is 3.20. The molecule has 0 saturated carbocycles. The highest BCUT2D eigenvalue weighted by Gasteiger charge is 2.07. The van der Waals surface area contributed by atoms with Gasteiger partial charge in [0.2, 0.25) is 0 Å². The Bertz CT molecular complexity index is 529. The van der Waals surface area contributed by atoms with Gasteiger partial charge in [-0.25, -0.2) is 12.8 Å². The molecule has 0 aromatic heterocycles. The van der Waals surface area contributed by atoms with E-state index in [-0.39, 0.29) is 17.6 Å². The Kier molecular flexibility index (Phi) is 6.42. The Labute approximate surface area is 120 Å². The molecule has 0 aliphatic heterocycles. The maximum absolute atomic E-state index is 13.3. The van der Waals surface area contributed by atoms with Gasteiger partial charge in [0.05, 0.1) is 12.4 Å². The Hall–Kier alpha value is -1.14. The summed E-state index contributed by atoms with van der Waals surface area (Å²) in [4.78, 5) is 0. The maximum atomic E-state index is 13.3. The standard InChI is InChI=1S/C14H22FNO3S/c1-11(2)16-10-12-9-13(15)5-6-14(12)19-7-4-8-20(3,17)18/h5-6,9,11,16H,4,7-8,10H2,1-3H3. The molecule has 114 valence electrons. The van der Waals surface area contributed by atoms with E-state index in [2.05, 4.69) is 5.32 Å². The van der Waals surface area contributed by atoms with Crippen molar-refractivity contribution >= 4 is 9.84 Å². The molecular weight excluding hydrogens is 281 g/mol. The van der Waals surface area contributed by atoms with Crippen molar-refractivity contribution in [3.8, 4) is 5.75 Å². The van der Waals surface area contributed by atoms with Gasteiger partial charge in [-0.1, -0.05) is 13.8 Å². The third-order valence-electron chi connectivity index (χ3n) is 2.64. The maximum Gasteiger partial charge on any atom is 0.147 e. The van der Waals surface area contributed by atoms with E-state index in [9.17, 15) is 12.8 Å². The first-order chi connectivity index (χ1) is 9.28. The van der Waals surface area contributed by atoms with E-state index in [0.717, 1.165) is 5.56 Å². The van der Waals surface area contributed by atoms with Crippen LogP contribution in [0.4, 0.5) is 4.39 Å². The average molecular weight is 303 g/mol. The molecule has 0 atom stereocenters. The Morgan fingerprint density at radius 1 is 1.35 bits per heavy atom. The smallest absolute Gasteiger partial charge is 0.147 e. The highest BCUT2D eigenvalue weighted by Crippen LogP contribution is 2.20. The summed E-state index contributed by atoms with van der Waals surface area (Å²) in [5.41, 5.74) is 0.734. The van der Waals surface area contributed by atoms with Crippen LogP contribution in [0, 0.1) is 5.82 Å². The van der Waals surface area contributed by atoms with E-state index in [0.29, 0.717) is 25.3 Å². The molecule has 0 fully saturated rings. The van der Waals surface area contributed by atoms with Gasteiger partial charge in [0.15, 0.2) is 0 Å². The molecule has 6 heteroatoms. The van der Waals surface area contributed by atoms with Crippen LogP contribution in [0.15, 0.2) is 18.2 Å². The molecule has 1 aromatic carbocycles. The third kappa shape index (κ3) is 6.86. The zero-order chi connectivity index (χ0) is 15.2. The summed E-state index contributed by atoms with van der Waals surface area (Å²) >= 11 is 0. The molecule has 0 aliphatic rings. The second-order valence-corrected chi connectivity index (χ2v) is 7.38. The quantitative estimate of drug-likeness (QED) is 0.748. The van der Waals surface area contributed by atoms with Crippen LogP contribution in [-0.4, -0.2) is 33.1 Å². The predicted molar refractivity (Wildman–Crippen MR) is 78.2 cm³/mol. The third-order valence-corrected chi connectivity index (χ3v) is 3.67. The lowest BCUT2D eigenvalue weighted by molar-refractivity contribution is 0.312. The van der Waals surface area contributed by atoms with Crippen molar-refractivity contribution < 1.29 is 17.5 Å². The first kappa shape index (κ1) is 16.9. The number of rotatable bonds is 8. The van der Waals surface area contributed by atoms with Crippen LogP contribution in [0.5, 0.6) is 5.75 Å². The lowest BCUT2D eigenvalue weighted by Crippen LogP contribution is -2.22. The van der Waals surface area contributed by atoms with Crippen molar-refractivity contribution in [3.63, 3.8) is 0 Å². The van der Waals surface area contributed by atoms with Crippen molar-refractivity contribution in [2.24, 2.45) is 0 Å². The van der Waals surface area contributed by atoms with Gasteiger partial charge in [-0.05, 0) is 24.6 Å². The van der Waals surface area contributed by atoms with E-state index in [1.54, 1.807) is 6.07 Å². The van der Waals surface area contributed by atoms with Gasteiger partial charge in [0.25, 0.3) is 0 Å². The topological polar surface area (TPSA) is 55.4 Å². The summed E-state index contributed by atoms with van der Waals surface area (Å²) in [5.74, 6) is 0.371. The monoisotopic (exact) mass is 303 g/mol. The fourth-order valence-corrected chi connectivity index (χ4v) is 2.29. The molecule has 0 spiro atoms. The van der Waals surface area contributed by atoms with Gasteiger partial charge in [-0.15, -0.1) is 0 Å². The van der Waals surface area contributed by atoms with Gasteiger partial charge in [-0.2, -0.15) is 0 Å².